The number of nitrogens with zero attached hydrogens (tertiary/aromatic N) is 2. The van der Waals surface area contributed by atoms with Crippen LogP contribution in [0.4, 0.5) is 11.4 Å². The summed E-state index contributed by atoms with van der Waals surface area (Å²) in [7, 11) is 0. The van der Waals surface area contributed by atoms with E-state index in [0.717, 1.165) is 17.0 Å². The molecule has 1 amide bonds. The minimum atomic E-state index is -0.00622. The molecule has 6 heteroatoms. The largest absolute Gasteiger partial charge is 0.484 e. The van der Waals surface area contributed by atoms with Gasteiger partial charge >= 0.3 is 0 Å². The highest BCUT2D eigenvalue weighted by Gasteiger charge is 2.23. The molecule has 2 N–H and O–H groups in total. The molecule has 0 radical (unpaired) electrons. The Morgan fingerprint density at radius 3 is 2.56 bits per heavy atom. The molecule has 25 heavy (non-hydrogen) atoms. The number of hydrogen-bond donors (Lipinski definition) is 1. The maximum absolute atomic E-state index is 12.4. The van der Waals surface area contributed by atoms with Gasteiger partial charge in [-0.1, -0.05) is 29.8 Å². The van der Waals surface area contributed by atoms with E-state index in [0.29, 0.717) is 36.9 Å². The predicted molar refractivity (Wildman–Crippen MR) is 101 cm³/mol. The number of hydrogen-bond acceptors (Lipinski definition) is 4. The van der Waals surface area contributed by atoms with Crippen LogP contribution in [0.15, 0.2) is 42.5 Å². The topological polar surface area (TPSA) is 58.8 Å². The average Bonchev–Trinajstić information content (AvgIpc) is 2.60. The third kappa shape index (κ3) is 4.17. The molecule has 0 aromatic heterocycles. The van der Waals surface area contributed by atoms with Crippen LogP contribution in [-0.4, -0.2) is 43.6 Å². The lowest BCUT2D eigenvalue weighted by molar-refractivity contribution is -0.133. The minimum absolute atomic E-state index is 0.00622. The van der Waals surface area contributed by atoms with Gasteiger partial charge in [-0.2, -0.15) is 0 Å². The Kier molecular flexibility index (Phi) is 5.34. The number of para-hydroxylation sites is 1. The molecule has 2 aromatic carbocycles. The fourth-order valence-corrected chi connectivity index (χ4v) is 3.29. The van der Waals surface area contributed by atoms with Gasteiger partial charge in [-0.3, -0.25) is 4.79 Å². The number of nitrogens with two attached hydrogens (primary N) is 1. The van der Waals surface area contributed by atoms with E-state index in [9.17, 15) is 4.79 Å². The lowest BCUT2D eigenvalue weighted by atomic mass is 10.2. The normalized spacial score (nSPS) is 14.5. The van der Waals surface area contributed by atoms with Crippen molar-refractivity contribution in [3.05, 3.63) is 53.1 Å². The molecular weight excluding hydrogens is 338 g/mol. The van der Waals surface area contributed by atoms with E-state index in [4.69, 9.17) is 22.1 Å². The number of anilines is 2. The van der Waals surface area contributed by atoms with E-state index < -0.39 is 0 Å². The smallest absolute Gasteiger partial charge is 0.260 e. The van der Waals surface area contributed by atoms with Crippen molar-refractivity contribution in [2.24, 2.45) is 0 Å². The SMILES string of the molecule is Cc1cccc(OCC(=O)N2CCN(c3c(N)cccc3Cl)CC2)c1. The van der Waals surface area contributed by atoms with Crippen molar-refractivity contribution in [1.82, 2.24) is 4.90 Å². The number of benzene rings is 2. The Bertz CT molecular complexity index is 738. The maximum Gasteiger partial charge on any atom is 0.260 e. The number of rotatable bonds is 4. The van der Waals surface area contributed by atoms with Crippen LogP contribution in [0, 0.1) is 6.92 Å². The number of amides is 1. The van der Waals surface area contributed by atoms with E-state index in [1.54, 1.807) is 0 Å². The monoisotopic (exact) mass is 359 g/mol. The Morgan fingerprint density at radius 1 is 1.16 bits per heavy atom. The van der Waals surface area contributed by atoms with Crippen molar-refractivity contribution in [1.29, 1.82) is 0 Å². The second kappa shape index (κ2) is 7.66. The highest BCUT2D eigenvalue weighted by atomic mass is 35.5. The zero-order valence-corrected chi connectivity index (χ0v) is 15.0. The Hall–Kier alpha value is -2.40. The molecule has 5 nitrogen and oxygen atoms in total. The molecule has 1 aliphatic heterocycles. The van der Waals surface area contributed by atoms with E-state index in [-0.39, 0.29) is 12.5 Å². The van der Waals surface area contributed by atoms with Gasteiger partial charge in [0.15, 0.2) is 6.61 Å². The Labute approximate surface area is 152 Å². The second-order valence-corrected chi connectivity index (χ2v) is 6.56. The fraction of sp³-hybridized carbons (Fsp3) is 0.316. The molecule has 3 rings (SSSR count). The van der Waals surface area contributed by atoms with Gasteiger partial charge in [-0.15, -0.1) is 0 Å². The van der Waals surface area contributed by atoms with Crippen LogP contribution in [0.25, 0.3) is 0 Å². The van der Waals surface area contributed by atoms with Crippen molar-refractivity contribution < 1.29 is 9.53 Å². The van der Waals surface area contributed by atoms with Gasteiger partial charge in [0.05, 0.1) is 16.4 Å². The summed E-state index contributed by atoms with van der Waals surface area (Å²) in [4.78, 5) is 16.3. The first kappa shape index (κ1) is 17.4. The summed E-state index contributed by atoms with van der Waals surface area (Å²) in [6.07, 6.45) is 0. The third-order valence-electron chi connectivity index (χ3n) is 4.32. The van der Waals surface area contributed by atoms with Crippen molar-refractivity contribution in [3.8, 4) is 5.75 Å². The summed E-state index contributed by atoms with van der Waals surface area (Å²) in [5.74, 6) is 0.712. The molecule has 0 saturated carbocycles. The van der Waals surface area contributed by atoms with E-state index in [1.807, 2.05) is 54.3 Å². The molecule has 1 heterocycles. The molecule has 132 valence electrons. The lowest BCUT2D eigenvalue weighted by Gasteiger charge is -2.36. The molecule has 2 aromatic rings. The number of ether oxygens (including phenoxy) is 1. The molecule has 0 spiro atoms. The highest BCUT2D eigenvalue weighted by Crippen LogP contribution is 2.32. The number of carbonyl (C=O) groups excluding carboxylic acids is 1. The minimum Gasteiger partial charge on any atom is -0.484 e. The lowest BCUT2D eigenvalue weighted by Crippen LogP contribution is -2.50. The van der Waals surface area contributed by atoms with E-state index >= 15 is 0 Å². The zero-order chi connectivity index (χ0) is 17.8. The molecule has 0 bridgehead atoms. The van der Waals surface area contributed by atoms with Crippen LogP contribution in [0.3, 0.4) is 0 Å². The van der Waals surface area contributed by atoms with E-state index in [1.165, 1.54) is 0 Å². The molecule has 1 fully saturated rings. The molecule has 0 atom stereocenters. The predicted octanol–water partition coefficient (Wildman–Crippen LogP) is 2.96. The van der Waals surface area contributed by atoms with Crippen molar-refractivity contribution in [2.75, 3.05) is 43.4 Å². The zero-order valence-electron chi connectivity index (χ0n) is 14.2. The summed E-state index contributed by atoms with van der Waals surface area (Å²) in [5.41, 5.74) is 8.67. The number of nitrogen functional groups attached to an aromatic ring is 1. The third-order valence-corrected chi connectivity index (χ3v) is 4.62. The second-order valence-electron chi connectivity index (χ2n) is 6.15. The van der Waals surface area contributed by atoms with Gasteiger partial charge in [0, 0.05) is 26.2 Å². The van der Waals surface area contributed by atoms with Crippen molar-refractivity contribution in [3.63, 3.8) is 0 Å². The van der Waals surface area contributed by atoms with Gasteiger partial charge in [0.2, 0.25) is 0 Å². The first-order valence-electron chi connectivity index (χ1n) is 8.31. The van der Waals surface area contributed by atoms with Gasteiger partial charge < -0.3 is 20.3 Å². The summed E-state index contributed by atoms with van der Waals surface area (Å²) in [5, 5.41) is 0.641. The van der Waals surface area contributed by atoms with Crippen molar-refractivity contribution >= 4 is 28.9 Å². The van der Waals surface area contributed by atoms with Crippen LogP contribution >= 0.6 is 11.6 Å². The number of aryl methyl sites for hydroxylation is 1. The number of carbonyl (C=O) groups is 1. The van der Waals surface area contributed by atoms with Crippen LogP contribution in [0.1, 0.15) is 5.56 Å². The molecule has 1 saturated heterocycles. The molecular formula is C19H22ClN3O2. The summed E-state index contributed by atoms with van der Waals surface area (Å²) in [6.45, 7) is 4.70. The molecule has 1 aliphatic rings. The Morgan fingerprint density at radius 2 is 1.88 bits per heavy atom. The van der Waals surface area contributed by atoms with Crippen LogP contribution in [-0.2, 0) is 4.79 Å². The van der Waals surface area contributed by atoms with Gasteiger partial charge in [-0.05, 0) is 36.8 Å². The molecule has 0 aliphatic carbocycles. The average molecular weight is 360 g/mol. The number of piperazine rings is 1. The van der Waals surface area contributed by atoms with Crippen LogP contribution in [0.2, 0.25) is 5.02 Å². The summed E-state index contributed by atoms with van der Waals surface area (Å²) < 4.78 is 5.61. The number of halogens is 1. The van der Waals surface area contributed by atoms with Gasteiger partial charge in [0.25, 0.3) is 5.91 Å². The first-order chi connectivity index (χ1) is 12.0. The highest BCUT2D eigenvalue weighted by molar-refractivity contribution is 6.34. The molecule has 0 unspecified atom stereocenters. The fourth-order valence-electron chi connectivity index (χ4n) is 2.99. The standard InChI is InChI=1S/C19H22ClN3O2/c1-14-4-2-5-15(12-14)25-13-18(24)22-8-10-23(11-9-22)19-16(20)6-3-7-17(19)21/h2-7,12H,8-11,13,21H2,1H3. The van der Waals surface area contributed by atoms with Crippen LogP contribution in [0.5, 0.6) is 5.75 Å². The quantitative estimate of drug-likeness (QED) is 0.853. The van der Waals surface area contributed by atoms with Crippen molar-refractivity contribution in [2.45, 2.75) is 6.92 Å². The van der Waals surface area contributed by atoms with Gasteiger partial charge in [-0.25, -0.2) is 0 Å². The van der Waals surface area contributed by atoms with Crippen LogP contribution < -0.4 is 15.4 Å². The summed E-state index contributed by atoms with van der Waals surface area (Å²) >= 11 is 6.27. The maximum atomic E-state index is 12.4. The Balaban J connectivity index is 1.54. The first-order valence-corrected chi connectivity index (χ1v) is 8.68. The summed E-state index contributed by atoms with van der Waals surface area (Å²) in [6, 6.07) is 13.2. The van der Waals surface area contributed by atoms with E-state index in [2.05, 4.69) is 4.90 Å². The van der Waals surface area contributed by atoms with Gasteiger partial charge in [0.1, 0.15) is 5.75 Å².